The zero-order valence-electron chi connectivity index (χ0n) is 21.6. The zero-order chi connectivity index (χ0) is 26.9. The number of aliphatic carboxylic acids is 1. The first-order chi connectivity index (χ1) is 18.9. The highest BCUT2D eigenvalue weighted by molar-refractivity contribution is 6.30. The molecule has 1 N–H and O–H groups in total. The van der Waals surface area contributed by atoms with Gasteiger partial charge in [-0.3, -0.25) is 9.69 Å². The molecule has 1 saturated carbocycles. The van der Waals surface area contributed by atoms with Gasteiger partial charge in [0.05, 0.1) is 25.1 Å². The van der Waals surface area contributed by atoms with Crippen molar-refractivity contribution in [2.24, 2.45) is 5.92 Å². The minimum atomic E-state index is -0.725. The lowest BCUT2D eigenvalue weighted by atomic mass is 9.93. The van der Waals surface area contributed by atoms with Crippen molar-refractivity contribution < 1.29 is 23.8 Å². The minimum absolute atomic E-state index is 0.0475. The maximum atomic E-state index is 14.1. The normalized spacial score (nSPS) is 23.4. The molecule has 0 spiro atoms. The summed E-state index contributed by atoms with van der Waals surface area (Å²) in [5, 5.41) is 9.78. The minimum Gasteiger partial charge on any atom is -0.481 e. The highest BCUT2D eigenvalue weighted by Crippen LogP contribution is 2.48. The molecule has 0 bridgehead atoms. The van der Waals surface area contributed by atoms with E-state index < -0.39 is 11.8 Å². The number of hydrogen-bond donors (Lipinski definition) is 1. The van der Waals surface area contributed by atoms with Crippen molar-refractivity contribution in [2.75, 3.05) is 19.7 Å². The van der Waals surface area contributed by atoms with Gasteiger partial charge in [-0.2, -0.15) is 0 Å². The van der Waals surface area contributed by atoms with E-state index in [0.29, 0.717) is 28.8 Å². The Balaban J connectivity index is 1.06. The summed E-state index contributed by atoms with van der Waals surface area (Å²) in [5.41, 5.74) is 2.45. The smallest absolute Gasteiger partial charge is 0.307 e. The summed E-state index contributed by atoms with van der Waals surface area (Å²) >= 11 is 5.84. The molecular weight excluding hydrogens is 523 g/mol. The quantitative estimate of drug-likeness (QED) is 0.377. The Hall–Kier alpha value is -3.01. The van der Waals surface area contributed by atoms with Gasteiger partial charge in [-0.1, -0.05) is 23.7 Å². The Bertz CT molecular complexity index is 1340. The lowest BCUT2D eigenvalue weighted by Crippen LogP contribution is -2.35. The van der Waals surface area contributed by atoms with Crippen LogP contribution in [0.4, 0.5) is 4.39 Å². The third kappa shape index (κ3) is 5.95. The molecule has 2 aromatic heterocycles. The van der Waals surface area contributed by atoms with Crippen LogP contribution in [-0.4, -0.2) is 56.3 Å². The molecule has 4 heterocycles. The zero-order valence-corrected chi connectivity index (χ0v) is 22.4. The van der Waals surface area contributed by atoms with Crippen LogP contribution in [0.15, 0.2) is 42.6 Å². The molecule has 2 saturated heterocycles. The van der Waals surface area contributed by atoms with Crippen LogP contribution in [0.2, 0.25) is 5.02 Å². The van der Waals surface area contributed by atoms with Gasteiger partial charge in [-0.25, -0.2) is 14.4 Å². The molecule has 3 atom stereocenters. The predicted molar refractivity (Wildman–Crippen MR) is 142 cm³/mol. The van der Waals surface area contributed by atoms with E-state index >= 15 is 0 Å². The number of likely N-dealkylation sites (tertiary alicyclic amines) is 1. The summed E-state index contributed by atoms with van der Waals surface area (Å²) < 4.78 is 27.8. The highest BCUT2D eigenvalue weighted by Gasteiger charge is 2.46. The predicted octanol–water partition coefficient (Wildman–Crippen LogP) is 5.01. The van der Waals surface area contributed by atoms with E-state index in [0.717, 1.165) is 69.3 Å². The molecule has 3 aliphatic rings. The van der Waals surface area contributed by atoms with Gasteiger partial charge in [0, 0.05) is 52.7 Å². The third-order valence-corrected chi connectivity index (χ3v) is 8.38. The molecule has 2 unspecified atom stereocenters. The number of carboxylic acids is 1. The molecule has 39 heavy (non-hydrogen) atoms. The number of benzene rings is 1. The van der Waals surface area contributed by atoms with Crippen molar-refractivity contribution in [2.45, 2.75) is 63.3 Å². The number of halogens is 2. The largest absolute Gasteiger partial charge is 0.481 e. The van der Waals surface area contributed by atoms with Gasteiger partial charge in [-0.15, -0.1) is 0 Å². The summed E-state index contributed by atoms with van der Waals surface area (Å²) in [6.45, 7) is 4.17. The van der Waals surface area contributed by atoms with Crippen LogP contribution in [0.5, 0.6) is 5.88 Å². The van der Waals surface area contributed by atoms with Crippen LogP contribution in [0.3, 0.4) is 0 Å². The summed E-state index contributed by atoms with van der Waals surface area (Å²) in [5.74, 6) is 0.415. The third-order valence-electron chi connectivity index (χ3n) is 8.14. The van der Waals surface area contributed by atoms with Crippen LogP contribution in [0, 0.1) is 11.7 Å². The fourth-order valence-electron chi connectivity index (χ4n) is 5.60. The van der Waals surface area contributed by atoms with Gasteiger partial charge in [0.1, 0.15) is 18.2 Å². The fraction of sp³-hybridized carbons (Fsp3) is 0.483. The second-order valence-corrected chi connectivity index (χ2v) is 11.2. The SMILES string of the molecule is O=C(O)C1CC1c1cnc(CN2CCC(c3cccc(OCc4ccc(Cl)cc4F)n3)CC2)n1C[C@@H]1CCO1. The van der Waals surface area contributed by atoms with Gasteiger partial charge in [-0.05, 0) is 57.0 Å². The van der Waals surface area contributed by atoms with E-state index in [1.807, 2.05) is 18.3 Å². The van der Waals surface area contributed by atoms with E-state index in [4.69, 9.17) is 31.0 Å². The number of nitrogens with zero attached hydrogens (tertiary/aromatic N) is 4. The molecule has 3 fully saturated rings. The van der Waals surface area contributed by atoms with Crippen LogP contribution in [-0.2, 0) is 29.2 Å². The molecule has 1 aliphatic carbocycles. The van der Waals surface area contributed by atoms with Crippen LogP contribution >= 0.6 is 11.6 Å². The number of rotatable bonds is 10. The number of hydrogen-bond acceptors (Lipinski definition) is 6. The monoisotopic (exact) mass is 554 g/mol. The molecule has 10 heteroatoms. The molecule has 0 amide bonds. The van der Waals surface area contributed by atoms with Crippen molar-refractivity contribution in [1.29, 1.82) is 0 Å². The number of ether oxygens (including phenoxy) is 2. The number of piperidine rings is 1. The van der Waals surface area contributed by atoms with Crippen LogP contribution in [0.1, 0.15) is 60.3 Å². The number of carboxylic acid groups (broad SMARTS) is 1. The molecule has 8 nitrogen and oxygen atoms in total. The molecular formula is C29H32ClFN4O4. The Morgan fingerprint density at radius 1 is 1.21 bits per heavy atom. The van der Waals surface area contributed by atoms with Crippen molar-refractivity contribution in [3.63, 3.8) is 0 Å². The number of aromatic nitrogens is 3. The van der Waals surface area contributed by atoms with E-state index in [1.165, 1.54) is 6.07 Å². The Morgan fingerprint density at radius 3 is 2.72 bits per heavy atom. The fourth-order valence-corrected chi connectivity index (χ4v) is 5.76. The van der Waals surface area contributed by atoms with E-state index in [-0.39, 0.29) is 24.5 Å². The first-order valence-corrected chi connectivity index (χ1v) is 14.0. The average Bonchev–Trinajstić information content (AvgIpc) is 3.61. The van der Waals surface area contributed by atoms with Gasteiger partial charge in [0.2, 0.25) is 5.88 Å². The van der Waals surface area contributed by atoms with Crippen LogP contribution in [0.25, 0.3) is 0 Å². The van der Waals surface area contributed by atoms with Gasteiger partial charge < -0.3 is 19.1 Å². The Kier molecular flexibility index (Phi) is 7.55. The van der Waals surface area contributed by atoms with E-state index in [1.54, 1.807) is 18.2 Å². The van der Waals surface area contributed by atoms with Crippen molar-refractivity contribution in [3.8, 4) is 5.88 Å². The summed E-state index contributed by atoms with van der Waals surface area (Å²) in [7, 11) is 0. The number of imidazole rings is 1. The lowest BCUT2D eigenvalue weighted by molar-refractivity contribution is -0.138. The second kappa shape index (κ2) is 11.2. The summed E-state index contributed by atoms with van der Waals surface area (Å²) in [6, 6.07) is 10.3. The number of pyridine rings is 1. The maximum Gasteiger partial charge on any atom is 0.307 e. The van der Waals surface area contributed by atoms with Crippen molar-refractivity contribution in [3.05, 3.63) is 76.2 Å². The molecule has 0 radical (unpaired) electrons. The molecule has 206 valence electrons. The summed E-state index contributed by atoms with van der Waals surface area (Å²) in [6.07, 6.45) is 5.69. The topological polar surface area (TPSA) is 89.7 Å². The summed E-state index contributed by atoms with van der Waals surface area (Å²) in [4.78, 5) is 23.3. The van der Waals surface area contributed by atoms with Gasteiger partial charge in [0.15, 0.2) is 0 Å². The molecule has 6 rings (SSSR count). The average molecular weight is 555 g/mol. The highest BCUT2D eigenvalue weighted by atomic mass is 35.5. The van der Waals surface area contributed by atoms with E-state index in [2.05, 4.69) is 9.47 Å². The molecule has 2 aliphatic heterocycles. The van der Waals surface area contributed by atoms with Gasteiger partial charge >= 0.3 is 5.97 Å². The molecule has 3 aromatic rings. The second-order valence-electron chi connectivity index (χ2n) is 10.8. The first-order valence-electron chi connectivity index (χ1n) is 13.6. The van der Waals surface area contributed by atoms with Crippen molar-refractivity contribution >= 4 is 17.6 Å². The Labute approximate surface area is 231 Å². The standard InChI is InChI=1S/C29H32ClFN4O4/c30-20-5-4-19(24(31)12-20)17-39-28-3-1-2-25(33-28)18-6-9-34(10-7-18)16-27-32-14-26(22-13-23(22)29(36)37)35(27)15-21-8-11-38-21/h1-5,12,14,18,21-23H,6-11,13,15-17H2,(H,36,37)/t21-,22?,23?/m0/s1. The van der Waals surface area contributed by atoms with E-state index in [9.17, 15) is 14.3 Å². The maximum absolute atomic E-state index is 14.1. The van der Waals surface area contributed by atoms with Crippen molar-refractivity contribution in [1.82, 2.24) is 19.4 Å². The number of carbonyl (C=O) groups is 1. The molecule has 1 aromatic carbocycles. The van der Waals surface area contributed by atoms with Gasteiger partial charge in [0.25, 0.3) is 0 Å². The lowest BCUT2D eigenvalue weighted by Gasteiger charge is -2.32. The first kappa shape index (κ1) is 26.2. The van der Waals surface area contributed by atoms with Crippen LogP contribution < -0.4 is 4.74 Å². The Morgan fingerprint density at radius 2 is 2.03 bits per heavy atom.